The Balaban J connectivity index is 0.000000411. The molecule has 2 aromatic carbocycles. The number of methoxy groups -OCH3 is 3. The summed E-state index contributed by atoms with van der Waals surface area (Å²) in [6.45, 7) is 3.23. The first-order valence-electron chi connectivity index (χ1n) is 12.3. The molecule has 2 N–H and O–H groups in total. The molecule has 2 atom stereocenters. The van der Waals surface area contributed by atoms with Crippen LogP contribution in [0.15, 0.2) is 45.3 Å². The summed E-state index contributed by atoms with van der Waals surface area (Å²) in [5.74, 6) is -1.19. The Morgan fingerprint density at radius 3 is 1.49 bits per heavy atom. The Hall–Kier alpha value is -1.84. The first-order valence-corrected chi connectivity index (χ1v) is 15.5. The molecule has 0 aliphatic carbocycles. The minimum absolute atomic E-state index is 0. The number of ether oxygens (including phenoxy) is 3. The van der Waals surface area contributed by atoms with Crippen LogP contribution < -0.4 is 39.0 Å². The van der Waals surface area contributed by atoms with Crippen molar-refractivity contribution in [3.63, 3.8) is 0 Å². The van der Waals surface area contributed by atoms with Crippen LogP contribution in [0, 0.1) is 11.8 Å². The van der Waals surface area contributed by atoms with E-state index < -0.39 is 17.8 Å². The van der Waals surface area contributed by atoms with E-state index >= 15 is 0 Å². The summed E-state index contributed by atoms with van der Waals surface area (Å²) in [6.07, 6.45) is 0.165. The summed E-state index contributed by atoms with van der Waals surface area (Å²) in [6, 6.07) is 11.2. The van der Waals surface area contributed by atoms with E-state index in [1.807, 2.05) is 30.3 Å². The number of rotatable bonds is 10. The summed E-state index contributed by atoms with van der Waals surface area (Å²) < 4.78 is 18.7. The van der Waals surface area contributed by atoms with Gasteiger partial charge in [0.2, 0.25) is 0 Å². The van der Waals surface area contributed by atoms with Crippen molar-refractivity contribution in [1.29, 1.82) is 0 Å². The van der Waals surface area contributed by atoms with Crippen LogP contribution in [-0.2, 0) is 14.3 Å². The molecule has 0 saturated heterocycles. The van der Waals surface area contributed by atoms with E-state index in [9.17, 15) is 19.2 Å². The van der Waals surface area contributed by atoms with Gasteiger partial charge in [-0.25, -0.2) is 0 Å². The maximum absolute atomic E-state index is 12.2. The van der Waals surface area contributed by atoms with Gasteiger partial charge in [0.05, 0.1) is 51.9 Å². The van der Waals surface area contributed by atoms with Crippen molar-refractivity contribution in [2.45, 2.75) is 26.7 Å². The number of halogens is 2. The number of carbonyl (C=O) groups is 4. The van der Waals surface area contributed by atoms with Crippen molar-refractivity contribution in [2.75, 3.05) is 21.3 Å². The second-order valence-corrected chi connectivity index (χ2v) is 13.1. The van der Waals surface area contributed by atoms with Gasteiger partial charge in [-0.15, -0.1) is 22.7 Å². The van der Waals surface area contributed by atoms with Gasteiger partial charge in [-0.1, -0.05) is 13.8 Å². The molecule has 0 amide bonds. The van der Waals surface area contributed by atoms with Crippen molar-refractivity contribution in [3.05, 3.63) is 55.1 Å². The van der Waals surface area contributed by atoms with Crippen LogP contribution in [-0.4, -0.2) is 55.4 Å². The van der Waals surface area contributed by atoms with Crippen molar-refractivity contribution in [2.24, 2.45) is 11.8 Å². The van der Waals surface area contributed by atoms with Crippen molar-refractivity contribution >= 4 is 98.2 Å². The number of benzene rings is 2. The van der Waals surface area contributed by atoms with Gasteiger partial charge in [-0.05, 0) is 79.0 Å². The molecule has 226 valence electrons. The molecule has 0 radical (unpaired) electrons. The van der Waals surface area contributed by atoms with E-state index in [4.69, 9.17) is 14.6 Å². The molecule has 4 rings (SSSR count). The minimum atomic E-state index is -0.955. The number of carbonyl (C=O) groups excluding carboxylic acids is 3. The topological polar surface area (TPSA) is 146 Å². The third kappa shape index (κ3) is 10.1. The summed E-state index contributed by atoms with van der Waals surface area (Å²) >= 11 is 9.58. The normalized spacial score (nSPS) is 11.7. The molecule has 2 aromatic heterocycles. The molecule has 2 heterocycles. The molecule has 43 heavy (non-hydrogen) atoms. The summed E-state index contributed by atoms with van der Waals surface area (Å²) in [5, 5.41) is 10.8. The number of hydrogen-bond acceptors (Lipinski definition) is 10. The maximum atomic E-state index is 12.2. The number of esters is 1. The molecule has 0 saturated carbocycles. The molecule has 0 aliphatic rings. The molecule has 0 aliphatic heterocycles. The first kappa shape index (κ1) is 39.2. The monoisotopic (exact) mass is 766 g/mol. The fourth-order valence-electron chi connectivity index (χ4n) is 3.80. The van der Waals surface area contributed by atoms with Crippen LogP contribution >= 0.6 is 54.5 Å². The number of fused-ring (bicyclic) bond motifs is 2. The SMILES string of the molecule is COC(=O)[C@@H](C)CC(=O)c1cc2cc(Br)c(OC)cc2s1.COc1cc2sc(C(=O)C[C@H](C)C(=O)O)cc2cc1Br.[Na+].[OH-]. The molecular weight excluding hydrogens is 739 g/mol. The molecule has 0 bridgehead atoms. The van der Waals surface area contributed by atoms with Gasteiger partial charge in [-0.2, -0.15) is 0 Å². The van der Waals surface area contributed by atoms with Crippen LogP contribution in [0.2, 0.25) is 0 Å². The van der Waals surface area contributed by atoms with Gasteiger partial charge >= 0.3 is 41.5 Å². The smallest absolute Gasteiger partial charge is 0.870 e. The van der Waals surface area contributed by atoms with E-state index in [0.29, 0.717) is 15.5 Å². The van der Waals surface area contributed by atoms with E-state index in [1.54, 1.807) is 27.2 Å². The van der Waals surface area contributed by atoms with Gasteiger partial charge in [0.15, 0.2) is 11.6 Å². The molecule has 0 fully saturated rings. The third-order valence-corrected chi connectivity index (χ3v) is 9.66. The second kappa shape index (κ2) is 17.6. The van der Waals surface area contributed by atoms with E-state index in [-0.39, 0.29) is 65.4 Å². The minimum Gasteiger partial charge on any atom is -0.870 e. The summed E-state index contributed by atoms with van der Waals surface area (Å²) in [4.78, 5) is 47.7. The zero-order chi connectivity index (χ0) is 30.4. The zero-order valence-corrected chi connectivity index (χ0v) is 31.2. The quantitative estimate of drug-likeness (QED) is 0.136. The summed E-state index contributed by atoms with van der Waals surface area (Å²) in [7, 11) is 4.51. The third-order valence-electron chi connectivity index (χ3n) is 6.14. The van der Waals surface area contributed by atoms with Crippen LogP contribution in [0.4, 0.5) is 0 Å². The molecule has 9 nitrogen and oxygen atoms in total. The largest absolute Gasteiger partial charge is 1.00 e. The molecular formula is C29H29Br2NaO9S2. The average Bonchev–Trinajstić information content (AvgIpc) is 3.55. The van der Waals surface area contributed by atoms with Crippen LogP contribution in [0.25, 0.3) is 20.2 Å². The Morgan fingerprint density at radius 2 is 1.14 bits per heavy atom. The van der Waals surface area contributed by atoms with Gasteiger partial charge in [0.25, 0.3) is 0 Å². The number of carboxylic acids is 1. The Morgan fingerprint density at radius 1 is 0.744 bits per heavy atom. The van der Waals surface area contributed by atoms with Gasteiger partial charge in [0, 0.05) is 22.2 Å². The predicted octanol–water partition coefficient (Wildman–Crippen LogP) is 4.85. The van der Waals surface area contributed by atoms with E-state index in [1.165, 1.54) is 36.7 Å². The number of thiophene rings is 2. The average molecular weight is 768 g/mol. The summed E-state index contributed by atoms with van der Waals surface area (Å²) in [5.41, 5.74) is 0. The van der Waals surface area contributed by atoms with Crippen molar-refractivity contribution in [3.8, 4) is 11.5 Å². The number of hydrogen-bond donors (Lipinski definition) is 1. The maximum Gasteiger partial charge on any atom is 1.00 e. The van der Waals surface area contributed by atoms with Crippen LogP contribution in [0.3, 0.4) is 0 Å². The van der Waals surface area contributed by atoms with Crippen molar-refractivity contribution < 1.29 is 73.5 Å². The molecule has 14 heteroatoms. The Labute approximate surface area is 295 Å². The van der Waals surface area contributed by atoms with E-state index in [0.717, 1.165) is 34.9 Å². The zero-order valence-electron chi connectivity index (χ0n) is 24.4. The Kier molecular flexibility index (Phi) is 16.0. The molecule has 4 aromatic rings. The fraction of sp³-hybridized carbons (Fsp3) is 0.310. The van der Waals surface area contributed by atoms with Crippen molar-refractivity contribution in [1.82, 2.24) is 0 Å². The number of carboxylic acid groups (broad SMARTS) is 1. The van der Waals surface area contributed by atoms with Crippen LogP contribution in [0.5, 0.6) is 11.5 Å². The second-order valence-electron chi connectivity index (χ2n) is 9.19. The number of aliphatic carboxylic acids is 1. The van der Waals surface area contributed by atoms with Gasteiger partial charge < -0.3 is 24.8 Å². The van der Waals surface area contributed by atoms with Gasteiger partial charge in [0.1, 0.15) is 11.5 Å². The van der Waals surface area contributed by atoms with Crippen LogP contribution in [0.1, 0.15) is 46.0 Å². The number of Topliss-reactive ketones (excluding diaryl/α,β-unsaturated/α-hetero) is 2. The first-order chi connectivity index (χ1) is 19.4. The van der Waals surface area contributed by atoms with E-state index in [2.05, 4.69) is 36.6 Å². The fourth-order valence-corrected chi connectivity index (χ4v) is 6.89. The van der Waals surface area contributed by atoms with Gasteiger partial charge in [-0.3, -0.25) is 19.2 Å². The predicted molar refractivity (Wildman–Crippen MR) is 170 cm³/mol. The number of ketones is 2. The molecule has 0 spiro atoms. The molecule has 0 unspecified atom stereocenters. The Bertz CT molecular complexity index is 1620. The standard InChI is InChI=1S/C15H15BrO4S.C14H13BrO4S.Na.H2O/c1-8(15(18)20-3)4-11(17)14-6-9-5-10(16)12(19-2)7-13(9)21-14;1-7(14(17)18)3-10(16)13-5-8-4-9(15)11(19-2)6-12(8)20-13;;/h5-8H,4H2,1-3H3;4-7H,3H2,1-2H3,(H,17,18);;1H2/q;;+1;/p-1/t8-;7-;;/m00../s1.